The number of rotatable bonds is 4. The van der Waals surface area contributed by atoms with E-state index in [2.05, 4.69) is 42.0 Å². The second-order valence-electron chi connectivity index (χ2n) is 4.93. The summed E-state index contributed by atoms with van der Waals surface area (Å²) in [5.74, 6) is -0.0339. The molecule has 0 fully saturated rings. The van der Waals surface area contributed by atoms with E-state index < -0.39 is 5.97 Å². The van der Waals surface area contributed by atoms with E-state index in [1.807, 2.05) is 6.92 Å². The smallest absolute Gasteiger partial charge is 0.309 e. The highest BCUT2D eigenvalue weighted by Crippen LogP contribution is 2.15. The van der Waals surface area contributed by atoms with Gasteiger partial charge in [0.1, 0.15) is 5.82 Å². The van der Waals surface area contributed by atoms with Crippen molar-refractivity contribution in [1.82, 2.24) is 9.97 Å². The number of benzene rings is 1. The summed E-state index contributed by atoms with van der Waals surface area (Å²) in [6, 6.07) is 6.32. The van der Waals surface area contributed by atoms with Crippen LogP contribution in [0.2, 0.25) is 0 Å². The topological polar surface area (TPSA) is 66.0 Å². The lowest BCUT2D eigenvalue weighted by Gasteiger charge is -2.04. The second-order valence-corrected chi connectivity index (χ2v) is 4.93. The van der Waals surface area contributed by atoms with Crippen molar-refractivity contribution in [3.8, 4) is 0 Å². The molecule has 1 aromatic heterocycles. The number of carboxylic acid groups (broad SMARTS) is 1. The molecule has 1 aromatic carbocycles. The normalized spacial score (nSPS) is 10.7. The number of aryl methyl sites for hydroxylation is 3. The number of hydrogen-bond acceptors (Lipinski definition) is 2. The van der Waals surface area contributed by atoms with Gasteiger partial charge in [-0.05, 0) is 31.9 Å². The molecule has 2 N–H and O–H groups in total. The molecule has 0 radical (unpaired) electrons. The summed E-state index contributed by atoms with van der Waals surface area (Å²) in [6.45, 7) is 6.01. The molecule has 4 nitrogen and oxygen atoms in total. The lowest BCUT2D eigenvalue weighted by molar-refractivity contribution is -0.136. The second kappa shape index (κ2) is 5.26. The summed E-state index contributed by atoms with van der Waals surface area (Å²) >= 11 is 0. The number of hydrogen-bond donors (Lipinski definition) is 2. The quantitative estimate of drug-likeness (QED) is 0.885. The minimum atomic E-state index is -0.854. The van der Waals surface area contributed by atoms with Crippen LogP contribution in [0, 0.1) is 20.8 Å². The molecule has 0 aliphatic rings. The summed E-state index contributed by atoms with van der Waals surface area (Å²) < 4.78 is 0. The van der Waals surface area contributed by atoms with Gasteiger partial charge in [0.05, 0.1) is 12.1 Å². The maximum atomic E-state index is 10.7. The summed E-state index contributed by atoms with van der Waals surface area (Å²) in [5.41, 5.74) is 5.13. The number of carbonyl (C=O) groups is 1. The van der Waals surface area contributed by atoms with Crippen LogP contribution in [0.4, 0.5) is 0 Å². The minimum Gasteiger partial charge on any atom is -0.481 e. The van der Waals surface area contributed by atoms with Crippen molar-refractivity contribution in [2.24, 2.45) is 0 Å². The average molecular weight is 258 g/mol. The maximum Gasteiger partial charge on any atom is 0.309 e. The average Bonchev–Trinajstić information content (AvgIpc) is 2.62. The SMILES string of the molecule is Cc1ccc(Cc2nc(CC(=O)O)c(C)[nH]2)c(C)c1. The van der Waals surface area contributed by atoms with Gasteiger partial charge in [-0.15, -0.1) is 0 Å². The van der Waals surface area contributed by atoms with Gasteiger partial charge in [0.15, 0.2) is 0 Å². The van der Waals surface area contributed by atoms with Crippen molar-refractivity contribution in [2.75, 3.05) is 0 Å². The van der Waals surface area contributed by atoms with Crippen LogP contribution in [-0.2, 0) is 17.6 Å². The summed E-state index contributed by atoms with van der Waals surface area (Å²) in [7, 11) is 0. The molecule has 100 valence electrons. The van der Waals surface area contributed by atoms with Crippen LogP contribution < -0.4 is 0 Å². The van der Waals surface area contributed by atoms with Crippen molar-refractivity contribution < 1.29 is 9.90 Å². The molecular formula is C15H18N2O2. The number of aromatic nitrogens is 2. The monoisotopic (exact) mass is 258 g/mol. The summed E-state index contributed by atoms with van der Waals surface area (Å²) in [4.78, 5) is 18.3. The standard InChI is InChI=1S/C15H18N2O2/c1-9-4-5-12(10(2)6-9)7-14-16-11(3)13(17-14)8-15(18)19/h4-6H,7-8H2,1-3H3,(H,16,17)(H,18,19). The predicted molar refractivity (Wildman–Crippen MR) is 73.4 cm³/mol. The Bertz CT molecular complexity index is 615. The van der Waals surface area contributed by atoms with E-state index in [4.69, 9.17) is 5.11 Å². The molecule has 2 aromatic rings. The van der Waals surface area contributed by atoms with E-state index in [0.717, 1.165) is 11.5 Å². The molecular weight excluding hydrogens is 240 g/mol. The first kappa shape index (κ1) is 13.3. The highest BCUT2D eigenvalue weighted by Gasteiger charge is 2.11. The molecule has 0 saturated heterocycles. The number of aromatic amines is 1. The molecule has 4 heteroatoms. The molecule has 0 bridgehead atoms. The fourth-order valence-electron chi connectivity index (χ4n) is 2.19. The number of nitrogens with one attached hydrogen (secondary N) is 1. The van der Waals surface area contributed by atoms with Crippen molar-refractivity contribution in [3.05, 3.63) is 52.1 Å². The van der Waals surface area contributed by atoms with E-state index in [1.54, 1.807) is 0 Å². The van der Waals surface area contributed by atoms with Gasteiger partial charge in [-0.2, -0.15) is 0 Å². The van der Waals surface area contributed by atoms with Crippen LogP contribution in [0.5, 0.6) is 0 Å². The Hall–Kier alpha value is -2.10. The Balaban J connectivity index is 2.21. The van der Waals surface area contributed by atoms with Gasteiger partial charge in [0.25, 0.3) is 0 Å². The van der Waals surface area contributed by atoms with E-state index >= 15 is 0 Å². The number of imidazole rings is 1. The lowest BCUT2D eigenvalue weighted by Crippen LogP contribution is -2.02. The van der Waals surface area contributed by atoms with Crippen LogP contribution in [0.25, 0.3) is 0 Å². The molecule has 0 aliphatic carbocycles. The molecule has 1 heterocycles. The van der Waals surface area contributed by atoms with E-state index in [9.17, 15) is 4.79 Å². The van der Waals surface area contributed by atoms with Gasteiger partial charge in [0, 0.05) is 12.1 Å². The van der Waals surface area contributed by atoms with Crippen LogP contribution >= 0.6 is 0 Å². The van der Waals surface area contributed by atoms with Crippen molar-refractivity contribution >= 4 is 5.97 Å². The molecule has 0 aliphatic heterocycles. The first-order valence-electron chi connectivity index (χ1n) is 6.28. The van der Waals surface area contributed by atoms with Gasteiger partial charge in [-0.1, -0.05) is 23.8 Å². The van der Waals surface area contributed by atoms with E-state index in [-0.39, 0.29) is 6.42 Å². The van der Waals surface area contributed by atoms with Crippen molar-refractivity contribution in [2.45, 2.75) is 33.6 Å². The third kappa shape index (κ3) is 3.22. The third-order valence-corrected chi connectivity index (χ3v) is 3.21. The van der Waals surface area contributed by atoms with Crippen molar-refractivity contribution in [1.29, 1.82) is 0 Å². The fraction of sp³-hybridized carbons (Fsp3) is 0.333. The van der Waals surface area contributed by atoms with Crippen molar-refractivity contribution in [3.63, 3.8) is 0 Å². The Kier molecular flexibility index (Phi) is 3.69. The molecule has 0 saturated carbocycles. The molecule has 19 heavy (non-hydrogen) atoms. The number of nitrogens with zero attached hydrogens (tertiary/aromatic N) is 1. The number of carboxylic acids is 1. The zero-order chi connectivity index (χ0) is 14.0. The number of H-pyrrole nitrogens is 1. The zero-order valence-electron chi connectivity index (χ0n) is 11.4. The fourth-order valence-corrected chi connectivity index (χ4v) is 2.19. The summed E-state index contributed by atoms with van der Waals surface area (Å²) in [6.07, 6.45) is 0.668. The third-order valence-electron chi connectivity index (χ3n) is 3.21. The van der Waals surface area contributed by atoms with Crippen LogP contribution in [0.3, 0.4) is 0 Å². The van der Waals surface area contributed by atoms with E-state index in [0.29, 0.717) is 12.1 Å². The maximum absolute atomic E-state index is 10.7. The highest BCUT2D eigenvalue weighted by molar-refractivity contribution is 5.69. The largest absolute Gasteiger partial charge is 0.481 e. The van der Waals surface area contributed by atoms with Gasteiger partial charge in [0.2, 0.25) is 0 Å². The van der Waals surface area contributed by atoms with Crippen LogP contribution in [0.15, 0.2) is 18.2 Å². The van der Waals surface area contributed by atoms with E-state index in [1.165, 1.54) is 16.7 Å². The first-order valence-corrected chi connectivity index (χ1v) is 6.28. The predicted octanol–water partition coefficient (Wildman–Crippen LogP) is 2.55. The van der Waals surface area contributed by atoms with Gasteiger partial charge in [-0.3, -0.25) is 4.79 Å². The highest BCUT2D eigenvalue weighted by atomic mass is 16.4. The molecule has 0 unspecified atom stereocenters. The molecule has 0 spiro atoms. The zero-order valence-corrected chi connectivity index (χ0v) is 11.4. The first-order chi connectivity index (χ1) is 8.95. The molecule has 2 rings (SSSR count). The Labute approximate surface area is 112 Å². The van der Waals surface area contributed by atoms with Gasteiger partial charge < -0.3 is 10.1 Å². The minimum absolute atomic E-state index is 0.0325. The summed E-state index contributed by atoms with van der Waals surface area (Å²) in [5, 5.41) is 8.81. The number of aliphatic carboxylic acids is 1. The van der Waals surface area contributed by atoms with Crippen LogP contribution in [-0.4, -0.2) is 21.0 Å². The lowest BCUT2D eigenvalue weighted by atomic mass is 10.0. The Morgan fingerprint density at radius 1 is 1.32 bits per heavy atom. The van der Waals surface area contributed by atoms with Crippen LogP contribution in [0.1, 0.15) is 33.9 Å². The van der Waals surface area contributed by atoms with Gasteiger partial charge >= 0.3 is 5.97 Å². The Morgan fingerprint density at radius 3 is 2.68 bits per heavy atom. The van der Waals surface area contributed by atoms with Gasteiger partial charge in [-0.25, -0.2) is 4.98 Å². The molecule has 0 atom stereocenters. The Morgan fingerprint density at radius 2 is 2.05 bits per heavy atom. The molecule has 0 amide bonds.